The zero-order valence-electron chi connectivity index (χ0n) is 41.3. The lowest BCUT2D eigenvalue weighted by molar-refractivity contribution is -0.145. The first kappa shape index (κ1) is 57.5. The molecule has 0 spiro atoms. The van der Waals surface area contributed by atoms with Gasteiger partial charge in [0.25, 0.3) is 0 Å². The summed E-state index contributed by atoms with van der Waals surface area (Å²) >= 11 is 0. The van der Waals surface area contributed by atoms with Crippen molar-refractivity contribution < 1.29 is 23.8 Å². The number of carbonyl (C=O) groups is 2. The van der Waals surface area contributed by atoms with Crippen LogP contribution < -0.4 is 0 Å². The Kier molecular flexibility index (Phi) is 41.2. The Morgan fingerprint density at radius 1 is 0.508 bits per heavy atom. The third kappa shape index (κ3) is 37.5. The number of ketones is 1. The van der Waals surface area contributed by atoms with Crippen molar-refractivity contribution in [3.05, 3.63) is 24.3 Å². The van der Waals surface area contributed by atoms with Gasteiger partial charge in [0.15, 0.2) is 0 Å². The fourth-order valence-corrected chi connectivity index (χ4v) is 8.26. The number of Topliss-reactive ketones (excluding diaryl/α,β-unsaturated/α-hetero) is 1. The third-order valence-corrected chi connectivity index (χ3v) is 13.2. The highest BCUT2D eigenvalue weighted by atomic mass is 16.5. The first-order chi connectivity index (χ1) is 29.9. The Morgan fingerprint density at radius 3 is 1.52 bits per heavy atom. The summed E-state index contributed by atoms with van der Waals surface area (Å²) < 4.78 is 17.7. The summed E-state index contributed by atoms with van der Waals surface area (Å²) in [7, 11) is 2.19. The molecule has 1 fully saturated rings. The minimum absolute atomic E-state index is 0.0321. The minimum Gasteiger partial charge on any atom is -0.465 e. The predicted molar refractivity (Wildman–Crippen MR) is 262 cm³/mol. The molecule has 1 unspecified atom stereocenters. The van der Waals surface area contributed by atoms with Crippen LogP contribution in [0, 0.1) is 11.8 Å². The van der Waals surface area contributed by atoms with Gasteiger partial charge in [0.05, 0.1) is 19.3 Å². The summed E-state index contributed by atoms with van der Waals surface area (Å²) in [5.41, 5.74) is 0. The monoisotopic (exact) mass is 859 g/mol. The van der Waals surface area contributed by atoms with Crippen LogP contribution in [0.15, 0.2) is 24.3 Å². The van der Waals surface area contributed by atoms with Crippen LogP contribution in [0.2, 0.25) is 0 Å². The van der Waals surface area contributed by atoms with Crippen molar-refractivity contribution in [1.82, 2.24) is 9.80 Å². The van der Waals surface area contributed by atoms with Gasteiger partial charge in [-0.3, -0.25) is 9.59 Å². The van der Waals surface area contributed by atoms with Gasteiger partial charge in [-0.05, 0) is 109 Å². The van der Waals surface area contributed by atoms with Crippen molar-refractivity contribution in [2.24, 2.45) is 11.8 Å². The summed E-state index contributed by atoms with van der Waals surface area (Å²) in [6.45, 7) is 17.5. The van der Waals surface area contributed by atoms with E-state index in [0.29, 0.717) is 50.3 Å². The largest absolute Gasteiger partial charge is 0.465 e. The second-order valence-electron chi connectivity index (χ2n) is 18.6. The maximum atomic E-state index is 12.7. The smallest absolute Gasteiger partial charge is 0.305 e. The molecule has 0 amide bonds. The van der Waals surface area contributed by atoms with Crippen LogP contribution in [0.25, 0.3) is 0 Å². The van der Waals surface area contributed by atoms with Gasteiger partial charge in [-0.15, -0.1) is 0 Å². The van der Waals surface area contributed by atoms with Crippen LogP contribution in [-0.4, -0.2) is 93.9 Å². The quantitative estimate of drug-likeness (QED) is 0.0343. The van der Waals surface area contributed by atoms with Gasteiger partial charge in [-0.25, -0.2) is 0 Å². The number of piperazine rings is 1. The molecule has 0 aromatic heterocycles. The van der Waals surface area contributed by atoms with Gasteiger partial charge < -0.3 is 24.0 Å². The Bertz CT molecular complexity index is 1020. The zero-order chi connectivity index (χ0) is 44.3. The average Bonchev–Trinajstić information content (AvgIpc) is 3.26. The molecule has 1 atom stereocenters. The van der Waals surface area contributed by atoms with Gasteiger partial charge >= 0.3 is 5.97 Å². The second kappa shape index (κ2) is 43.7. The molecule has 0 aliphatic carbocycles. The standard InChI is InChI=1S/C54H102N2O5/c1-6-50(7-2)48-59-46-34-30-26-22-18-14-10-11-15-19-23-27-31-37-53(60-47-40-52(57)36-35-41-56-44-42-55(5)43-45-56)38-32-28-24-20-16-12-13-17-21-25-29-33-39-54(58)61-49-51(8-3)9-4/h14,17-18,21,50-51,53H,6-13,15-16,19-20,22-49H2,1-5H3. The number of nitrogens with zero attached hydrogens (tertiary/aromatic N) is 2. The number of hydrogen-bond acceptors (Lipinski definition) is 7. The number of esters is 1. The highest BCUT2D eigenvalue weighted by Crippen LogP contribution is 2.19. The van der Waals surface area contributed by atoms with E-state index >= 15 is 0 Å². The van der Waals surface area contributed by atoms with Crippen LogP contribution in [0.3, 0.4) is 0 Å². The van der Waals surface area contributed by atoms with E-state index in [2.05, 4.69) is 68.8 Å². The molecule has 0 bridgehead atoms. The van der Waals surface area contributed by atoms with E-state index in [4.69, 9.17) is 14.2 Å². The van der Waals surface area contributed by atoms with Crippen LogP contribution in [0.4, 0.5) is 0 Å². The van der Waals surface area contributed by atoms with E-state index in [1.54, 1.807) is 0 Å². The van der Waals surface area contributed by atoms with E-state index in [0.717, 1.165) is 110 Å². The Labute approximate surface area is 379 Å². The first-order valence-electron chi connectivity index (χ1n) is 26.5. The molecule has 7 nitrogen and oxygen atoms in total. The average molecular weight is 859 g/mol. The fourth-order valence-electron chi connectivity index (χ4n) is 8.26. The summed E-state index contributed by atoms with van der Waals surface area (Å²) in [5, 5.41) is 0. The minimum atomic E-state index is -0.0321. The van der Waals surface area contributed by atoms with E-state index in [1.807, 2.05) is 0 Å². The van der Waals surface area contributed by atoms with E-state index in [-0.39, 0.29) is 5.97 Å². The molecular formula is C54H102N2O5. The molecule has 1 heterocycles. The van der Waals surface area contributed by atoms with E-state index < -0.39 is 0 Å². The predicted octanol–water partition coefficient (Wildman–Crippen LogP) is 14.3. The molecule has 1 rings (SSSR count). The van der Waals surface area contributed by atoms with Crippen molar-refractivity contribution in [1.29, 1.82) is 0 Å². The summed E-state index contributed by atoms with van der Waals surface area (Å²) in [6, 6.07) is 0. The van der Waals surface area contributed by atoms with Gasteiger partial charge in [-0.2, -0.15) is 0 Å². The van der Waals surface area contributed by atoms with Gasteiger partial charge in [-0.1, -0.05) is 148 Å². The maximum absolute atomic E-state index is 12.7. The van der Waals surface area contributed by atoms with Crippen molar-refractivity contribution in [2.45, 2.75) is 233 Å². The van der Waals surface area contributed by atoms with Crippen LogP contribution >= 0.6 is 0 Å². The molecule has 0 radical (unpaired) electrons. The number of rotatable bonds is 45. The first-order valence-corrected chi connectivity index (χ1v) is 26.5. The maximum Gasteiger partial charge on any atom is 0.305 e. The molecule has 0 aromatic rings. The van der Waals surface area contributed by atoms with Crippen LogP contribution in [0.5, 0.6) is 0 Å². The van der Waals surface area contributed by atoms with Crippen molar-refractivity contribution in [3.63, 3.8) is 0 Å². The summed E-state index contributed by atoms with van der Waals surface area (Å²) in [4.78, 5) is 29.5. The molecule has 1 saturated heterocycles. The highest BCUT2D eigenvalue weighted by Gasteiger charge is 2.15. The number of likely N-dealkylation sites (N-methyl/N-ethyl adjacent to an activating group) is 1. The number of carbonyl (C=O) groups excluding carboxylic acids is 2. The Balaban J connectivity index is 2.18. The molecule has 0 aromatic carbocycles. The Hall–Kier alpha value is -1.54. The van der Waals surface area contributed by atoms with Crippen molar-refractivity contribution in [3.8, 4) is 0 Å². The zero-order valence-corrected chi connectivity index (χ0v) is 41.3. The number of allylic oxidation sites excluding steroid dienone is 4. The van der Waals surface area contributed by atoms with Crippen molar-refractivity contribution >= 4 is 11.8 Å². The number of hydrogen-bond donors (Lipinski definition) is 0. The molecule has 0 N–H and O–H groups in total. The van der Waals surface area contributed by atoms with Crippen LogP contribution in [0.1, 0.15) is 227 Å². The van der Waals surface area contributed by atoms with Gasteiger partial charge in [0.1, 0.15) is 5.78 Å². The molecular weight excluding hydrogens is 757 g/mol. The molecule has 1 aliphatic heterocycles. The molecule has 7 heteroatoms. The SMILES string of the molecule is CCC(CC)COCCCCCC=CCCCCCCCCC(CCCCCCCCC=CCCCCC(=O)OCC(CC)CC)OCCC(=O)CCCN1CCN(C)CC1. The molecule has 358 valence electrons. The molecule has 0 saturated carbocycles. The lowest BCUT2D eigenvalue weighted by Crippen LogP contribution is -2.44. The van der Waals surface area contributed by atoms with E-state index in [1.165, 1.54) is 122 Å². The topological polar surface area (TPSA) is 68.3 Å². The van der Waals surface area contributed by atoms with E-state index in [9.17, 15) is 9.59 Å². The number of unbranched alkanes of at least 4 members (excludes halogenated alkanes) is 17. The van der Waals surface area contributed by atoms with Gasteiger partial charge in [0, 0.05) is 58.7 Å². The highest BCUT2D eigenvalue weighted by molar-refractivity contribution is 5.78. The molecule has 61 heavy (non-hydrogen) atoms. The van der Waals surface area contributed by atoms with Crippen molar-refractivity contribution in [2.75, 3.05) is 66.2 Å². The lowest BCUT2D eigenvalue weighted by Gasteiger charge is -2.32. The van der Waals surface area contributed by atoms with Crippen LogP contribution in [-0.2, 0) is 23.8 Å². The summed E-state index contributed by atoms with van der Waals surface area (Å²) in [5.74, 6) is 1.58. The Morgan fingerprint density at radius 2 is 0.984 bits per heavy atom. The molecule has 1 aliphatic rings. The lowest BCUT2D eigenvalue weighted by atomic mass is 10.0. The second-order valence-corrected chi connectivity index (χ2v) is 18.6. The fraction of sp³-hybridized carbons (Fsp3) is 0.889. The summed E-state index contributed by atoms with van der Waals surface area (Å²) in [6.07, 6.45) is 45.3. The third-order valence-electron chi connectivity index (χ3n) is 13.2. The van der Waals surface area contributed by atoms with Gasteiger partial charge in [0.2, 0.25) is 0 Å². The number of ether oxygens (including phenoxy) is 3. The normalized spacial score (nSPS) is 14.7.